The molecule has 6 heteroatoms. The highest BCUT2D eigenvalue weighted by Gasteiger charge is 2.23. The largest absolute Gasteiger partial charge is 0.370 e. The molecular formula is C17H33N5O. The minimum absolute atomic E-state index is 0.193. The van der Waals surface area contributed by atoms with E-state index >= 15 is 0 Å². The quantitative estimate of drug-likeness (QED) is 0.582. The second-order valence-electron chi connectivity index (χ2n) is 7.13. The van der Waals surface area contributed by atoms with Gasteiger partial charge in [0.05, 0.1) is 0 Å². The predicted octanol–water partition coefficient (Wildman–Crippen LogP) is 0.881. The lowest BCUT2D eigenvalue weighted by Crippen LogP contribution is -2.47. The molecule has 2 aliphatic rings. The summed E-state index contributed by atoms with van der Waals surface area (Å²) in [5.41, 5.74) is 5.34. The summed E-state index contributed by atoms with van der Waals surface area (Å²) < 4.78 is 0. The van der Waals surface area contributed by atoms with E-state index in [1.165, 1.54) is 32.4 Å². The number of primary amides is 1. The van der Waals surface area contributed by atoms with Gasteiger partial charge in [-0.1, -0.05) is 0 Å². The van der Waals surface area contributed by atoms with Gasteiger partial charge in [0.15, 0.2) is 5.96 Å². The van der Waals surface area contributed by atoms with Gasteiger partial charge in [-0.3, -0.25) is 9.79 Å². The molecular weight excluding hydrogens is 290 g/mol. The third kappa shape index (κ3) is 6.01. The Balaban J connectivity index is 1.73. The topological polar surface area (TPSA) is 74.0 Å². The summed E-state index contributed by atoms with van der Waals surface area (Å²) in [4.78, 5) is 20.3. The molecule has 2 heterocycles. The van der Waals surface area contributed by atoms with E-state index in [0.29, 0.717) is 12.3 Å². The van der Waals surface area contributed by atoms with Crippen LogP contribution in [0.3, 0.4) is 0 Å². The van der Waals surface area contributed by atoms with Crippen molar-refractivity contribution in [2.75, 3.05) is 46.8 Å². The second-order valence-corrected chi connectivity index (χ2v) is 7.13. The molecule has 0 aliphatic carbocycles. The summed E-state index contributed by atoms with van der Waals surface area (Å²) in [5, 5.41) is 3.52. The molecule has 2 aliphatic heterocycles. The Morgan fingerprint density at radius 2 is 1.96 bits per heavy atom. The molecule has 0 aromatic heterocycles. The first kappa shape index (κ1) is 18.0. The number of nitrogens with two attached hydrogens (primary N) is 1. The van der Waals surface area contributed by atoms with Gasteiger partial charge in [0.2, 0.25) is 5.91 Å². The zero-order valence-corrected chi connectivity index (χ0v) is 14.8. The van der Waals surface area contributed by atoms with Crippen LogP contribution >= 0.6 is 0 Å². The molecule has 0 saturated carbocycles. The molecule has 2 fully saturated rings. The van der Waals surface area contributed by atoms with Crippen molar-refractivity contribution >= 4 is 11.9 Å². The van der Waals surface area contributed by atoms with E-state index in [1.807, 2.05) is 7.05 Å². The second kappa shape index (κ2) is 9.11. The van der Waals surface area contributed by atoms with Gasteiger partial charge in [-0.05, 0) is 64.1 Å². The highest BCUT2D eigenvalue weighted by atomic mass is 16.1. The van der Waals surface area contributed by atoms with E-state index in [4.69, 9.17) is 5.73 Å². The summed E-state index contributed by atoms with van der Waals surface area (Å²) in [6.07, 6.45) is 6.51. The van der Waals surface area contributed by atoms with Crippen molar-refractivity contribution in [2.45, 2.75) is 38.5 Å². The Kier molecular flexibility index (Phi) is 7.15. The maximum atomic E-state index is 11.1. The monoisotopic (exact) mass is 323 g/mol. The Hall–Kier alpha value is -1.30. The molecule has 0 aromatic rings. The van der Waals surface area contributed by atoms with Crippen LogP contribution in [0.4, 0.5) is 0 Å². The summed E-state index contributed by atoms with van der Waals surface area (Å²) in [6.45, 7) is 5.33. The van der Waals surface area contributed by atoms with Gasteiger partial charge in [-0.15, -0.1) is 0 Å². The third-order valence-electron chi connectivity index (χ3n) is 5.19. The molecule has 2 rings (SSSR count). The Morgan fingerprint density at radius 1 is 1.22 bits per heavy atom. The van der Waals surface area contributed by atoms with Crippen LogP contribution in [0.5, 0.6) is 0 Å². The van der Waals surface area contributed by atoms with Crippen LogP contribution in [0.1, 0.15) is 38.5 Å². The zero-order valence-electron chi connectivity index (χ0n) is 14.8. The molecule has 1 atom stereocenters. The third-order valence-corrected chi connectivity index (χ3v) is 5.19. The molecule has 1 unspecified atom stereocenters. The summed E-state index contributed by atoms with van der Waals surface area (Å²) in [5.74, 6) is 1.99. The number of carbonyl (C=O) groups is 1. The zero-order chi connectivity index (χ0) is 16.7. The Morgan fingerprint density at radius 3 is 2.61 bits per heavy atom. The van der Waals surface area contributed by atoms with Gasteiger partial charge in [-0.2, -0.15) is 0 Å². The number of hydrogen-bond donors (Lipinski definition) is 2. The number of aliphatic imine (C=N–C) groups is 1. The van der Waals surface area contributed by atoms with Crippen molar-refractivity contribution in [3.05, 3.63) is 0 Å². The minimum atomic E-state index is -0.193. The van der Waals surface area contributed by atoms with E-state index in [9.17, 15) is 4.79 Å². The van der Waals surface area contributed by atoms with E-state index < -0.39 is 0 Å². The van der Waals surface area contributed by atoms with Crippen LogP contribution in [-0.4, -0.2) is 68.5 Å². The molecule has 23 heavy (non-hydrogen) atoms. The lowest BCUT2D eigenvalue weighted by atomic mass is 9.94. The van der Waals surface area contributed by atoms with Crippen LogP contribution in [0.2, 0.25) is 0 Å². The lowest BCUT2D eigenvalue weighted by molar-refractivity contribution is -0.119. The molecule has 2 saturated heterocycles. The fourth-order valence-corrected chi connectivity index (χ4v) is 3.78. The van der Waals surface area contributed by atoms with E-state index in [-0.39, 0.29) is 5.91 Å². The summed E-state index contributed by atoms with van der Waals surface area (Å²) >= 11 is 0. The first-order valence-electron chi connectivity index (χ1n) is 9.01. The lowest BCUT2D eigenvalue weighted by Gasteiger charge is -2.35. The maximum Gasteiger partial charge on any atom is 0.217 e. The smallest absolute Gasteiger partial charge is 0.217 e. The molecule has 1 amide bonds. The van der Waals surface area contributed by atoms with Crippen molar-refractivity contribution in [1.82, 2.24) is 15.1 Å². The highest BCUT2D eigenvalue weighted by Crippen LogP contribution is 2.20. The molecule has 0 spiro atoms. The van der Waals surface area contributed by atoms with Crippen molar-refractivity contribution < 1.29 is 4.79 Å². The van der Waals surface area contributed by atoms with Gasteiger partial charge in [0, 0.05) is 33.1 Å². The number of nitrogens with one attached hydrogen (secondary N) is 1. The number of hydrogen-bond acceptors (Lipinski definition) is 3. The molecule has 0 radical (unpaired) electrons. The summed E-state index contributed by atoms with van der Waals surface area (Å²) in [6, 6.07) is 0. The predicted molar refractivity (Wildman–Crippen MR) is 94.3 cm³/mol. The van der Waals surface area contributed by atoms with E-state index in [0.717, 1.165) is 44.4 Å². The molecule has 6 nitrogen and oxygen atoms in total. The minimum Gasteiger partial charge on any atom is -0.370 e. The van der Waals surface area contributed by atoms with Gasteiger partial charge in [-0.25, -0.2) is 0 Å². The number of guanidine groups is 1. The first-order valence-corrected chi connectivity index (χ1v) is 9.01. The molecule has 0 bridgehead atoms. The fourth-order valence-electron chi connectivity index (χ4n) is 3.78. The van der Waals surface area contributed by atoms with Crippen LogP contribution in [-0.2, 0) is 4.79 Å². The number of piperidine rings is 2. The molecule has 0 aromatic carbocycles. The van der Waals surface area contributed by atoms with Crippen molar-refractivity contribution in [2.24, 2.45) is 22.6 Å². The highest BCUT2D eigenvalue weighted by molar-refractivity contribution is 5.80. The fraction of sp³-hybridized carbons (Fsp3) is 0.882. The summed E-state index contributed by atoms with van der Waals surface area (Å²) in [7, 11) is 4.05. The average molecular weight is 323 g/mol. The number of amides is 1. The first-order chi connectivity index (χ1) is 11.1. The standard InChI is InChI=1S/C17H33N5O/c1-19-17(20-8-5-14-6-10-21(2)11-7-14)22-9-3-4-15(13-22)12-16(18)23/h14-15H,3-13H2,1-2H3,(H2,18,23)(H,19,20). The average Bonchev–Trinajstić information content (AvgIpc) is 2.53. The van der Waals surface area contributed by atoms with Crippen LogP contribution in [0.15, 0.2) is 4.99 Å². The van der Waals surface area contributed by atoms with Crippen LogP contribution < -0.4 is 11.1 Å². The maximum absolute atomic E-state index is 11.1. The van der Waals surface area contributed by atoms with Crippen molar-refractivity contribution in [1.29, 1.82) is 0 Å². The number of carbonyl (C=O) groups excluding carboxylic acids is 1. The van der Waals surface area contributed by atoms with Crippen molar-refractivity contribution in [3.63, 3.8) is 0 Å². The van der Waals surface area contributed by atoms with Crippen LogP contribution in [0.25, 0.3) is 0 Å². The molecule has 3 N–H and O–H groups in total. The Bertz CT molecular complexity index is 404. The number of nitrogens with zero attached hydrogens (tertiary/aromatic N) is 3. The van der Waals surface area contributed by atoms with Gasteiger partial charge in [0.25, 0.3) is 0 Å². The number of likely N-dealkylation sites (tertiary alicyclic amines) is 2. The van der Waals surface area contributed by atoms with Gasteiger partial charge < -0.3 is 20.9 Å². The Labute approximate surface area is 140 Å². The van der Waals surface area contributed by atoms with E-state index in [1.54, 1.807) is 0 Å². The van der Waals surface area contributed by atoms with Crippen LogP contribution in [0, 0.1) is 11.8 Å². The number of rotatable bonds is 5. The SMILES string of the molecule is CN=C(NCCC1CCN(C)CC1)N1CCCC(CC(N)=O)C1. The van der Waals surface area contributed by atoms with Crippen molar-refractivity contribution in [3.8, 4) is 0 Å². The normalized spacial score (nSPS) is 24.7. The van der Waals surface area contributed by atoms with Gasteiger partial charge in [0.1, 0.15) is 0 Å². The molecule has 132 valence electrons. The van der Waals surface area contributed by atoms with E-state index in [2.05, 4.69) is 27.2 Å². The van der Waals surface area contributed by atoms with Gasteiger partial charge >= 0.3 is 0 Å².